The van der Waals surface area contributed by atoms with Crippen LogP contribution < -0.4 is 10.1 Å². The number of carbonyl (C=O) groups excluding carboxylic acids is 1. The zero-order valence-corrected chi connectivity index (χ0v) is 19.6. The molecule has 0 spiro atoms. The first-order valence-electron chi connectivity index (χ1n) is 10.1. The molecule has 5 nitrogen and oxygen atoms in total. The van der Waals surface area contributed by atoms with Gasteiger partial charge < -0.3 is 15.2 Å². The van der Waals surface area contributed by atoms with Crippen LogP contribution in [0, 0.1) is 14.9 Å². The lowest BCUT2D eigenvalue weighted by atomic mass is 10.1. The third-order valence-corrected chi connectivity index (χ3v) is 5.81. The Hall–Kier alpha value is -3.83. The minimum atomic E-state index is -0.519. The second-order valence-corrected chi connectivity index (χ2v) is 8.49. The van der Waals surface area contributed by atoms with Gasteiger partial charge >= 0.3 is 0 Å². The number of hydrogen-bond acceptors (Lipinski definition) is 4. The average Bonchev–Trinajstić information content (AvgIpc) is 2.83. The number of phenolic OH excluding ortho intramolecular Hbond substituents is 1. The Kier molecular flexibility index (Phi) is 6.91. The summed E-state index contributed by atoms with van der Waals surface area (Å²) >= 11 is 2.18. The van der Waals surface area contributed by atoms with Crippen molar-refractivity contribution in [2.75, 3.05) is 5.32 Å². The van der Waals surface area contributed by atoms with Gasteiger partial charge in [-0.25, -0.2) is 0 Å². The topological polar surface area (TPSA) is 82.3 Å². The molecule has 6 heteroatoms. The standard InChI is InChI=1S/C27H19IN2O3/c28-25-15-18(13-22(16-29)27(32)30-23-8-10-24(31)11-9-23)6-12-26(25)33-17-19-5-7-20-3-1-2-4-21(20)14-19/h1-15,31H,17H2,(H,30,32)/b22-13+. The molecule has 0 fully saturated rings. The number of fused-ring (bicyclic) bond motifs is 1. The predicted molar refractivity (Wildman–Crippen MR) is 138 cm³/mol. The largest absolute Gasteiger partial charge is 0.508 e. The van der Waals surface area contributed by atoms with E-state index in [0.717, 1.165) is 20.4 Å². The van der Waals surface area contributed by atoms with Crippen molar-refractivity contribution < 1.29 is 14.6 Å². The number of ether oxygens (including phenoxy) is 1. The summed E-state index contributed by atoms with van der Waals surface area (Å²) in [4.78, 5) is 12.4. The maximum atomic E-state index is 12.4. The Labute approximate surface area is 205 Å². The molecule has 0 bridgehead atoms. The number of carbonyl (C=O) groups is 1. The fraction of sp³-hybridized carbons (Fsp3) is 0.0370. The van der Waals surface area contributed by atoms with Crippen LogP contribution in [0.3, 0.4) is 0 Å². The van der Waals surface area contributed by atoms with Crippen molar-refractivity contribution in [3.05, 3.63) is 105 Å². The SMILES string of the molecule is N#C/C(=C\c1ccc(OCc2ccc3ccccc3c2)c(I)c1)C(=O)Nc1ccc(O)cc1. The Bertz CT molecular complexity index is 1390. The van der Waals surface area contributed by atoms with E-state index < -0.39 is 5.91 Å². The Morgan fingerprint density at radius 3 is 2.48 bits per heavy atom. The summed E-state index contributed by atoms with van der Waals surface area (Å²) in [5, 5.41) is 23.8. The van der Waals surface area contributed by atoms with E-state index in [1.54, 1.807) is 12.1 Å². The van der Waals surface area contributed by atoms with E-state index in [9.17, 15) is 15.2 Å². The van der Waals surface area contributed by atoms with Crippen LogP contribution in [0.2, 0.25) is 0 Å². The van der Waals surface area contributed by atoms with Crippen molar-refractivity contribution in [1.82, 2.24) is 0 Å². The number of rotatable bonds is 6. The first kappa shape index (κ1) is 22.4. The summed E-state index contributed by atoms with van der Waals surface area (Å²) in [6, 6.07) is 27.9. The third kappa shape index (κ3) is 5.70. The highest BCUT2D eigenvalue weighted by Gasteiger charge is 2.11. The molecule has 0 aliphatic heterocycles. The molecule has 4 aromatic carbocycles. The second kappa shape index (κ2) is 10.2. The van der Waals surface area contributed by atoms with E-state index in [2.05, 4.69) is 58.2 Å². The van der Waals surface area contributed by atoms with Crippen LogP contribution in [0.25, 0.3) is 16.8 Å². The van der Waals surface area contributed by atoms with E-state index in [4.69, 9.17) is 4.74 Å². The van der Waals surface area contributed by atoms with Gasteiger partial charge in [-0.1, -0.05) is 42.5 Å². The number of phenols is 1. The third-order valence-electron chi connectivity index (χ3n) is 4.97. The van der Waals surface area contributed by atoms with E-state index in [1.165, 1.54) is 29.0 Å². The normalized spacial score (nSPS) is 11.1. The zero-order valence-electron chi connectivity index (χ0n) is 17.5. The van der Waals surface area contributed by atoms with Crippen molar-refractivity contribution in [2.24, 2.45) is 0 Å². The average molecular weight is 546 g/mol. The van der Waals surface area contributed by atoms with Crippen molar-refractivity contribution in [1.29, 1.82) is 5.26 Å². The molecule has 0 atom stereocenters. The highest BCUT2D eigenvalue weighted by atomic mass is 127. The van der Waals surface area contributed by atoms with Crippen molar-refractivity contribution in [3.63, 3.8) is 0 Å². The fourth-order valence-electron chi connectivity index (χ4n) is 3.27. The smallest absolute Gasteiger partial charge is 0.266 e. The van der Waals surface area contributed by atoms with Gasteiger partial charge in [0.2, 0.25) is 0 Å². The van der Waals surface area contributed by atoms with Gasteiger partial charge in [0.05, 0.1) is 3.57 Å². The number of hydrogen-bond donors (Lipinski definition) is 2. The Morgan fingerprint density at radius 2 is 1.76 bits per heavy atom. The second-order valence-electron chi connectivity index (χ2n) is 7.33. The van der Waals surface area contributed by atoms with Crippen LogP contribution in [-0.4, -0.2) is 11.0 Å². The molecular weight excluding hydrogens is 527 g/mol. The molecule has 4 aromatic rings. The van der Waals surface area contributed by atoms with Gasteiger partial charge in [-0.3, -0.25) is 4.79 Å². The number of amides is 1. The molecule has 1 amide bonds. The fourth-order valence-corrected chi connectivity index (χ4v) is 3.97. The summed E-state index contributed by atoms with van der Waals surface area (Å²) in [7, 11) is 0. The molecule has 0 saturated carbocycles. The number of halogens is 1. The maximum absolute atomic E-state index is 12.4. The van der Waals surface area contributed by atoms with Crippen LogP contribution in [0.4, 0.5) is 5.69 Å². The van der Waals surface area contributed by atoms with E-state index >= 15 is 0 Å². The quantitative estimate of drug-likeness (QED) is 0.129. The highest BCUT2D eigenvalue weighted by molar-refractivity contribution is 14.1. The van der Waals surface area contributed by atoms with Crippen LogP contribution in [-0.2, 0) is 11.4 Å². The highest BCUT2D eigenvalue weighted by Crippen LogP contribution is 2.25. The lowest BCUT2D eigenvalue weighted by Gasteiger charge is -2.10. The molecule has 33 heavy (non-hydrogen) atoms. The molecule has 2 N–H and O–H groups in total. The number of anilines is 1. The zero-order chi connectivity index (χ0) is 23.2. The Balaban J connectivity index is 1.45. The minimum Gasteiger partial charge on any atom is -0.508 e. The van der Waals surface area contributed by atoms with Crippen LogP contribution in [0.1, 0.15) is 11.1 Å². The molecule has 0 saturated heterocycles. The number of benzene rings is 4. The molecule has 4 rings (SSSR count). The first-order valence-corrected chi connectivity index (χ1v) is 11.2. The van der Waals surface area contributed by atoms with Crippen molar-refractivity contribution in [2.45, 2.75) is 6.61 Å². The van der Waals surface area contributed by atoms with E-state index in [1.807, 2.05) is 36.4 Å². The number of nitrogens with one attached hydrogen (secondary N) is 1. The molecule has 0 aliphatic rings. The molecule has 0 heterocycles. The summed E-state index contributed by atoms with van der Waals surface area (Å²) < 4.78 is 6.87. The van der Waals surface area contributed by atoms with Gasteiger partial charge in [-0.05, 0) is 93.0 Å². The van der Waals surface area contributed by atoms with Crippen LogP contribution >= 0.6 is 22.6 Å². The molecule has 0 radical (unpaired) electrons. The lowest BCUT2D eigenvalue weighted by Crippen LogP contribution is -2.13. The first-order chi connectivity index (χ1) is 16.0. The molecule has 0 aliphatic carbocycles. The van der Waals surface area contributed by atoms with Gasteiger partial charge in [0.1, 0.15) is 29.7 Å². The van der Waals surface area contributed by atoms with Gasteiger partial charge in [0.15, 0.2) is 0 Å². The number of nitriles is 1. The van der Waals surface area contributed by atoms with Gasteiger partial charge in [-0.2, -0.15) is 5.26 Å². The van der Waals surface area contributed by atoms with Crippen LogP contribution in [0.15, 0.2) is 90.5 Å². The monoisotopic (exact) mass is 546 g/mol. The Morgan fingerprint density at radius 1 is 1.00 bits per heavy atom. The van der Waals surface area contributed by atoms with Crippen LogP contribution in [0.5, 0.6) is 11.5 Å². The van der Waals surface area contributed by atoms with Gasteiger partial charge in [-0.15, -0.1) is 0 Å². The molecule has 0 unspecified atom stereocenters. The molecular formula is C27H19IN2O3. The van der Waals surface area contributed by atoms with Gasteiger partial charge in [0, 0.05) is 5.69 Å². The van der Waals surface area contributed by atoms with Gasteiger partial charge in [0.25, 0.3) is 5.91 Å². The minimum absolute atomic E-state index is 0.0243. The number of nitrogens with zero attached hydrogens (tertiary/aromatic N) is 1. The summed E-state index contributed by atoms with van der Waals surface area (Å²) in [6.45, 7) is 0.439. The summed E-state index contributed by atoms with van der Waals surface area (Å²) in [5.74, 6) is 0.310. The lowest BCUT2D eigenvalue weighted by molar-refractivity contribution is -0.112. The van der Waals surface area contributed by atoms with Crippen molar-refractivity contribution >= 4 is 51.0 Å². The summed E-state index contributed by atoms with van der Waals surface area (Å²) in [5.41, 5.74) is 2.26. The molecule has 0 aromatic heterocycles. The maximum Gasteiger partial charge on any atom is 0.266 e. The van der Waals surface area contributed by atoms with E-state index in [0.29, 0.717) is 12.3 Å². The van der Waals surface area contributed by atoms with E-state index in [-0.39, 0.29) is 11.3 Å². The predicted octanol–water partition coefficient (Wildman–Crippen LogP) is 6.27. The summed E-state index contributed by atoms with van der Waals surface area (Å²) in [6.07, 6.45) is 1.53. The molecule has 162 valence electrons. The number of aromatic hydroxyl groups is 1. The van der Waals surface area contributed by atoms with Crippen molar-refractivity contribution in [3.8, 4) is 17.6 Å².